The second kappa shape index (κ2) is 8.89. The summed E-state index contributed by atoms with van der Waals surface area (Å²) >= 11 is 0. The molecule has 1 unspecified atom stereocenters. The van der Waals surface area contributed by atoms with Crippen LogP contribution in [0.1, 0.15) is 24.5 Å². The maximum absolute atomic E-state index is 13.5. The van der Waals surface area contributed by atoms with Gasteiger partial charge in [-0.25, -0.2) is 18.0 Å². The molecule has 2 atom stereocenters. The van der Waals surface area contributed by atoms with Crippen LogP contribution in [0.3, 0.4) is 0 Å². The van der Waals surface area contributed by atoms with Crippen molar-refractivity contribution in [1.82, 2.24) is 10.6 Å². The van der Waals surface area contributed by atoms with E-state index < -0.39 is 29.6 Å². The van der Waals surface area contributed by atoms with Crippen LogP contribution in [-0.4, -0.2) is 39.4 Å². The zero-order chi connectivity index (χ0) is 17.5. The zero-order valence-corrected chi connectivity index (χ0v) is 13.4. The third kappa shape index (κ3) is 4.85. The van der Waals surface area contributed by atoms with E-state index in [1.807, 2.05) is 0 Å². The first-order chi connectivity index (χ1) is 11.5. The highest BCUT2D eigenvalue weighted by Gasteiger charge is 2.27. The summed E-state index contributed by atoms with van der Waals surface area (Å²) in [6, 6.07) is 1.93. The minimum absolute atomic E-state index is 0.00105. The van der Waals surface area contributed by atoms with Crippen LogP contribution in [-0.2, 0) is 9.47 Å². The average Bonchev–Trinajstić information content (AvgIpc) is 2.59. The van der Waals surface area contributed by atoms with Gasteiger partial charge in [-0.1, -0.05) is 0 Å². The Kier molecular flexibility index (Phi) is 6.86. The molecule has 0 spiro atoms. The SMILES string of the molecule is COC(=O)NCCO[C@@H](c1cc(F)c(F)c(F)c1)C1CCCNC1. The lowest BCUT2D eigenvalue weighted by Gasteiger charge is -2.31. The number of rotatable bonds is 6. The Morgan fingerprint density at radius 1 is 1.38 bits per heavy atom. The van der Waals surface area contributed by atoms with Crippen molar-refractivity contribution in [3.05, 3.63) is 35.1 Å². The van der Waals surface area contributed by atoms with Gasteiger partial charge in [-0.2, -0.15) is 0 Å². The molecule has 0 aliphatic carbocycles. The van der Waals surface area contributed by atoms with Crippen molar-refractivity contribution in [2.45, 2.75) is 18.9 Å². The predicted molar refractivity (Wildman–Crippen MR) is 81.0 cm³/mol. The van der Waals surface area contributed by atoms with Gasteiger partial charge >= 0.3 is 6.09 Å². The highest BCUT2D eigenvalue weighted by molar-refractivity contribution is 5.66. The number of alkyl carbamates (subject to hydrolysis) is 1. The normalized spacial score (nSPS) is 18.9. The minimum atomic E-state index is -1.49. The second-order valence-electron chi connectivity index (χ2n) is 5.61. The van der Waals surface area contributed by atoms with Gasteiger partial charge in [0.05, 0.1) is 19.8 Å². The standard InChI is InChI=1S/C16H21F3N2O3/c1-23-16(22)21-5-6-24-15(10-3-2-4-20-9-10)11-7-12(17)14(19)13(18)8-11/h7-8,10,15,20H,2-6,9H2,1H3,(H,21,22)/t10?,15-/m1/s1. The Balaban J connectivity index is 2.09. The van der Waals surface area contributed by atoms with Gasteiger partial charge in [0.2, 0.25) is 0 Å². The third-order valence-corrected chi connectivity index (χ3v) is 3.95. The number of piperidine rings is 1. The maximum Gasteiger partial charge on any atom is 0.406 e. The number of halogens is 3. The van der Waals surface area contributed by atoms with Crippen LogP contribution in [0.15, 0.2) is 12.1 Å². The van der Waals surface area contributed by atoms with E-state index in [1.165, 1.54) is 7.11 Å². The molecule has 1 aliphatic rings. The van der Waals surface area contributed by atoms with Gasteiger partial charge in [-0.3, -0.25) is 0 Å². The van der Waals surface area contributed by atoms with E-state index in [2.05, 4.69) is 15.4 Å². The van der Waals surface area contributed by atoms with Crippen LogP contribution in [0, 0.1) is 23.4 Å². The molecule has 0 aromatic heterocycles. The monoisotopic (exact) mass is 346 g/mol. The first kappa shape index (κ1) is 18.5. The van der Waals surface area contributed by atoms with E-state index in [9.17, 15) is 18.0 Å². The lowest BCUT2D eigenvalue weighted by atomic mass is 9.89. The maximum atomic E-state index is 13.5. The molecule has 2 N–H and O–H groups in total. The molecule has 0 bridgehead atoms. The first-order valence-corrected chi connectivity index (χ1v) is 7.81. The van der Waals surface area contributed by atoms with Crippen LogP contribution < -0.4 is 10.6 Å². The van der Waals surface area contributed by atoms with Crippen molar-refractivity contribution in [2.24, 2.45) is 5.92 Å². The molecule has 1 heterocycles. The number of amides is 1. The molecular weight excluding hydrogens is 325 g/mol. The summed E-state index contributed by atoms with van der Waals surface area (Å²) in [6.45, 7) is 1.83. The number of ether oxygens (including phenoxy) is 2. The fourth-order valence-corrected chi connectivity index (χ4v) is 2.79. The van der Waals surface area contributed by atoms with E-state index in [0.29, 0.717) is 6.54 Å². The fourth-order valence-electron chi connectivity index (χ4n) is 2.79. The Morgan fingerprint density at radius 2 is 2.08 bits per heavy atom. The minimum Gasteiger partial charge on any atom is -0.453 e. The molecule has 2 rings (SSSR count). The van der Waals surface area contributed by atoms with Gasteiger partial charge in [-0.05, 0) is 37.1 Å². The molecule has 0 saturated carbocycles. The molecule has 1 aromatic rings. The summed E-state index contributed by atoms with van der Waals surface area (Å²) in [5, 5.41) is 5.68. The highest BCUT2D eigenvalue weighted by Crippen LogP contribution is 2.32. The number of carbonyl (C=O) groups is 1. The molecule has 0 radical (unpaired) electrons. The van der Waals surface area contributed by atoms with Crippen molar-refractivity contribution in [1.29, 1.82) is 0 Å². The van der Waals surface area contributed by atoms with E-state index in [4.69, 9.17) is 4.74 Å². The number of benzene rings is 1. The topological polar surface area (TPSA) is 59.6 Å². The summed E-state index contributed by atoms with van der Waals surface area (Å²) < 4.78 is 50.5. The number of methoxy groups -OCH3 is 1. The predicted octanol–water partition coefficient (Wildman–Crippen LogP) is 2.52. The van der Waals surface area contributed by atoms with E-state index in [-0.39, 0.29) is 24.6 Å². The Morgan fingerprint density at radius 3 is 2.67 bits per heavy atom. The molecule has 1 fully saturated rings. The average molecular weight is 346 g/mol. The van der Waals surface area contributed by atoms with Gasteiger partial charge in [0.15, 0.2) is 17.5 Å². The lowest BCUT2D eigenvalue weighted by Crippen LogP contribution is -2.35. The van der Waals surface area contributed by atoms with Gasteiger partial charge in [0, 0.05) is 19.0 Å². The smallest absolute Gasteiger partial charge is 0.406 e. The first-order valence-electron chi connectivity index (χ1n) is 7.81. The number of carbonyl (C=O) groups excluding carboxylic acids is 1. The quantitative estimate of drug-likeness (QED) is 0.614. The molecular formula is C16H21F3N2O3. The molecule has 1 aliphatic heterocycles. The van der Waals surface area contributed by atoms with Crippen molar-refractivity contribution in [3.63, 3.8) is 0 Å². The van der Waals surface area contributed by atoms with Crippen molar-refractivity contribution in [3.8, 4) is 0 Å². The molecule has 1 saturated heterocycles. The fraction of sp³-hybridized carbons (Fsp3) is 0.562. The molecule has 5 nitrogen and oxygen atoms in total. The van der Waals surface area contributed by atoms with Gasteiger partial charge < -0.3 is 20.1 Å². The van der Waals surface area contributed by atoms with E-state index in [0.717, 1.165) is 31.5 Å². The highest BCUT2D eigenvalue weighted by atomic mass is 19.2. The number of hydrogen-bond acceptors (Lipinski definition) is 4. The Hall–Kier alpha value is -1.80. The summed E-state index contributed by atoms with van der Waals surface area (Å²) in [5.41, 5.74) is 0.248. The Labute approximate surface area is 138 Å². The summed E-state index contributed by atoms with van der Waals surface area (Å²) in [4.78, 5) is 11.0. The van der Waals surface area contributed by atoms with Crippen LogP contribution in [0.5, 0.6) is 0 Å². The van der Waals surface area contributed by atoms with Gasteiger partial charge in [0.25, 0.3) is 0 Å². The van der Waals surface area contributed by atoms with Crippen molar-refractivity contribution >= 4 is 6.09 Å². The van der Waals surface area contributed by atoms with Crippen LogP contribution in [0.2, 0.25) is 0 Å². The van der Waals surface area contributed by atoms with Crippen LogP contribution >= 0.6 is 0 Å². The molecule has 24 heavy (non-hydrogen) atoms. The molecule has 1 aromatic carbocycles. The van der Waals surface area contributed by atoms with Gasteiger partial charge in [-0.15, -0.1) is 0 Å². The van der Waals surface area contributed by atoms with Crippen LogP contribution in [0.25, 0.3) is 0 Å². The largest absolute Gasteiger partial charge is 0.453 e. The van der Waals surface area contributed by atoms with E-state index >= 15 is 0 Å². The number of hydrogen-bond donors (Lipinski definition) is 2. The summed E-state index contributed by atoms with van der Waals surface area (Å²) in [6.07, 6.45) is 0.551. The molecule has 8 heteroatoms. The third-order valence-electron chi connectivity index (χ3n) is 3.95. The second-order valence-corrected chi connectivity index (χ2v) is 5.61. The summed E-state index contributed by atoms with van der Waals surface area (Å²) in [7, 11) is 1.25. The zero-order valence-electron chi connectivity index (χ0n) is 13.4. The van der Waals surface area contributed by atoms with E-state index in [1.54, 1.807) is 0 Å². The summed E-state index contributed by atoms with van der Waals surface area (Å²) in [5.74, 6) is -3.97. The molecule has 1 amide bonds. The lowest BCUT2D eigenvalue weighted by molar-refractivity contribution is 0.00429. The van der Waals surface area contributed by atoms with Crippen LogP contribution in [0.4, 0.5) is 18.0 Å². The van der Waals surface area contributed by atoms with Crippen molar-refractivity contribution in [2.75, 3.05) is 33.4 Å². The molecule has 134 valence electrons. The van der Waals surface area contributed by atoms with Crippen molar-refractivity contribution < 1.29 is 27.4 Å². The van der Waals surface area contributed by atoms with Gasteiger partial charge in [0.1, 0.15) is 0 Å². The Bertz CT molecular complexity index is 542. The number of nitrogens with one attached hydrogen (secondary N) is 2.